The largest absolute Gasteiger partial charge is 0.417 e. The highest BCUT2D eigenvalue weighted by molar-refractivity contribution is 5.72. The molecule has 0 saturated carbocycles. The van der Waals surface area contributed by atoms with Gasteiger partial charge in [0.1, 0.15) is 0 Å². The molecule has 0 radical (unpaired) electrons. The van der Waals surface area contributed by atoms with Crippen molar-refractivity contribution in [3.63, 3.8) is 0 Å². The lowest BCUT2D eigenvalue weighted by atomic mass is 10.2. The fourth-order valence-corrected chi connectivity index (χ4v) is 1.73. The standard InChI is InChI=1S/C12H17N3O2/c1-13-5-2-6-14-8-9-3-4-11-10(7-9)15-12(16)17-11/h3-4,7,13-14H,2,5-6,8H2,1H3,(H,15,16). The Labute approximate surface area is 99.2 Å². The molecule has 17 heavy (non-hydrogen) atoms. The Balaban J connectivity index is 1.92. The molecule has 1 aromatic carbocycles. The molecule has 0 atom stereocenters. The van der Waals surface area contributed by atoms with E-state index in [1.165, 1.54) is 0 Å². The molecular weight excluding hydrogens is 218 g/mol. The van der Waals surface area contributed by atoms with Crippen LogP contribution in [0.2, 0.25) is 0 Å². The number of hydrogen-bond acceptors (Lipinski definition) is 4. The smallest absolute Gasteiger partial charge is 0.408 e. The fraction of sp³-hybridized carbons (Fsp3) is 0.417. The van der Waals surface area contributed by atoms with Gasteiger partial charge in [0, 0.05) is 6.54 Å². The fourth-order valence-electron chi connectivity index (χ4n) is 1.73. The number of fused-ring (bicyclic) bond motifs is 1. The monoisotopic (exact) mass is 235 g/mol. The molecule has 0 spiro atoms. The Kier molecular flexibility index (Phi) is 3.95. The van der Waals surface area contributed by atoms with Gasteiger partial charge in [-0.1, -0.05) is 6.07 Å². The van der Waals surface area contributed by atoms with E-state index in [9.17, 15) is 4.79 Å². The molecule has 0 saturated heterocycles. The summed E-state index contributed by atoms with van der Waals surface area (Å²) < 4.78 is 4.94. The van der Waals surface area contributed by atoms with Crippen molar-refractivity contribution in [2.24, 2.45) is 0 Å². The molecule has 2 aromatic rings. The number of aromatic amines is 1. The molecule has 0 bridgehead atoms. The van der Waals surface area contributed by atoms with Gasteiger partial charge in [0.15, 0.2) is 5.58 Å². The second-order valence-corrected chi connectivity index (χ2v) is 3.98. The van der Waals surface area contributed by atoms with Crippen LogP contribution >= 0.6 is 0 Å². The molecule has 0 aliphatic rings. The van der Waals surface area contributed by atoms with E-state index in [-0.39, 0.29) is 0 Å². The van der Waals surface area contributed by atoms with Gasteiger partial charge >= 0.3 is 5.76 Å². The molecule has 0 aliphatic heterocycles. The van der Waals surface area contributed by atoms with Crippen molar-refractivity contribution in [1.29, 1.82) is 0 Å². The van der Waals surface area contributed by atoms with Crippen LogP contribution in [0.4, 0.5) is 0 Å². The third-order valence-corrected chi connectivity index (χ3v) is 2.59. The predicted molar refractivity (Wildman–Crippen MR) is 67.1 cm³/mol. The maximum absolute atomic E-state index is 11.0. The topological polar surface area (TPSA) is 70.1 Å². The first-order valence-electron chi connectivity index (χ1n) is 5.76. The van der Waals surface area contributed by atoms with Crippen molar-refractivity contribution in [2.45, 2.75) is 13.0 Å². The van der Waals surface area contributed by atoms with Crippen LogP contribution in [0, 0.1) is 0 Å². The lowest BCUT2D eigenvalue weighted by molar-refractivity contribution is 0.555. The summed E-state index contributed by atoms with van der Waals surface area (Å²) in [4.78, 5) is 13.6. The molecule has 5 heteroatoms. The average Bonchev–Trinajstić information content (AvgIpc) is 2.68. The zero-order chi connectivity index (χ0) is 12.1. The summed E-state index contributed by atoms with van der Waals surface area (Å²) in [5.74, 6) is -0.404. The minimum Gasteiger partial charge on any atom is -0.408 e. The number of rotatable bonds is 6. The van der Waals surface area contributed by atoms with E-state index in [0.29, 0.717) is 5.58 Å². The molecule has 1 aromatic heterocycles. The minimum atomic E-state index is -0.404. The Morgan fingerprint density at radius 3 is 3.06 bits per heavy atom. The van der Waals surface area contributed by atoms with Gasteiger partial charge in [0.2, 0.25) is 0 Å². The summed E-state index contributed by atoms with van der Waals surface area (Å²) in [7, 11) is 1.95. The normalized spacial score (nSPS) is 11.1. The first kappa shape index (κ1) is 11.9. The molecule has 92 valence electrons. The molecule has 3 N–H and O–H groups in total. The molecular formula is C12H17N3O2. The molecule has 0 unspecified atom stereocenters. The van der Waals surface area contributed by atoms with E-state index in [1.807, 2.05) is 25.2 Å². The summed E-state index contributed by atoms with van der Waals surface area (Å²) in [5, 5.41) is 6.45. The van der Waals surface area contributed by atoms with Crippen LogP contribution in [-0.2, 0) is 6.54 Å². The highest BCUT2D eigenvalue weighted by atomic mass is 16.4. The molecule has 0 amide bonds. The lowest BCUT2D eigenvalue weighted by Gasteiger charge is -2.04. The SMILES string of the molecule is CNCCCNCc1ccc2oc(=O)[nH]c2c1. The average molecular weight is 235 g/mol. The zero-order valence-corrected chi connectivity index (χ0v) is 9.88. The van der Waals surface area contributed by atoms with E-state index in [2.05, 4.69) is 15.6 Å². The lowest BCUT2D eigenvalue weighted by Crippen LogP contribution is -2.19. The second kappa shape index (κ2) is 5.65. The Morgan fingerprint density at radius 1 is 1.35 bits per heavy atom. The van der Waals surface area contributed by atoms with Crippen LogP contribution in [0.25, 0.3) is 11.1 Å². The Hall–Kier alpha value is -1.59. The van der Waals surface area contributed by atoms with Crippen LogP contribution in [-0.4, -0.2) is 25.1 Å². The Morgan fingerprint density at radius 2 is 2.24 bits per heavy atom. The summed E-state index contributed by atoms with van der Waals surface area (Å²) in [6.07, 6.45) is 1.10. The van der Waals surface area contributed by atoms with Crippen molar-refractivity contribution >= 4 is 11.1 Å². The molecule has 1 heterocycles. The van der Waals surface area contributed by atoms with Gasteiger partial charge in [-0.2, -0.15) is 0 Å². The summed E-state index contributed by atoms with van der Waals surface area (Å²) in [6, 6.07) is 5.72. The maximum atomic E-state index is 11.0. The second-order valence-electron chi connectivity index (χ2n) is 3.98. The van der Waals surface area contributed by atoms with E-state index in [1.54, 1.807) is 0 Å². The number of aromatic nitrogens is 1. The van der Waals surface area contributed by atoms with Gasteiger partial charge in [-0.05, 0) is 44.3 Å². The van der Waals surface area contributed by atoms with E-state index in [0.717, 1.165) is 37.1 Å². The van der Waals surface area contributed by atoms with Crippen LogP contribution in [0.5, 0.6) is 0 Å². The molecule has 0 fully saturated rings. The van der Waals surface area contributed by atoms with Gasteiger partial charge in [-0.3, -0.25) is 4.98 Å². The third-order valence-electron chi connectivity index (χ3n) is 2.59. The summed E-state index contributed by atoms with van der Waals surface area (Å²) in [5.41, 5.74) is 2.50. The quantitative estimate of drug-likeness (QED) is 0.648. The van der Waals surface area contributed by atoms with Crippen LogP contribution in [0.3, 0.4) is 0 Å². The number of oxazole rings is 1. The van der Waals surface area contributed by atoms with Gasteiger partial charge in [-0.15, -0.1) is 0 Å². The molecule has 0 aliphatic carbocycles. The number of H-pyrrole nitrogens is 1. The predicted octanol–water partition coefficient (Wildman–Crippen LogP) is 0.820. The number of benzene rings is 1. The van der Waals surface area contributed by atoms with Crippen LogP contribution in [0.15, 0.2) is 27.4 Å². The summed E-state index contributed by atoms with van der Waals surface area (Å²) >= 11 is 0. The van der Waals surface area contributed by atoms with Gasteiger partial charge < -0.3 is 15.1 Å². The number of nitrogens with one attached hydrogen (secondary N) is 3. The van der Waals surface area contributed by atoms with E-state index >= 15 is 0 Å². The van der Waals surface area contributed by atoms with Gasteiger partial charge in [0.05, 0.1) is 5.52 Å². The van der Waals surface area contributed by atoms with E-state index < -0.39 is 5.76 Å². The maximum Gasteiger partial charge on any atom is 0.417 e. The van der Waals surface area contributed by atoms with Crippen molar-refractivity contribution in [2.75, 3.05) is 20.1 Å². The van der Waals surface area contributed by atoms with Gasteiger partial charge in [0.25, 0.3) is 0 Å². The van der Waals surface area contributed by atoms with E-state index in [4.69, 9.17) is 4.42 Å². The minimum absolute atomic E-state index is 0.404. The van der Waals surface area contributed by atoms with Crippen molar-refractivity contribution < 1.29 is 4.42 Å². The highest BCUT2D eigenvalue weighted by Crippen LogP contribution is 2.11. The first-order valence-corrected chi connectivity index (χ1v) is 5.76. The Bertz CT molecular complexity index is 530. The molecule has 2 rings (SSSR count). The van der Waals surface area contributed by atoms with Crippen LogP contribution in [0.1, 0.15) is 12.0 Å². The van der Waals surface area contributed by atoms with Crippen molar-refractivity contribution in [1.82, 2.24) is 15.6 Å². The summed E-state index contributed by atoms with van der Waals surface area (Å²) in [6.45, 7) is 2.79. The highest BCUT2D eigenvalue weighted by Gasteiger charge is 2.01. The van der Waals surface area contributed by atoms with Crippen molar-refractivity contribution in [3.8, 4) is 0 Å². The number of hydrogen-bond donors (Lipinski definition) is 3. The molecule has 5 nitrogen and oxygen atoms in total. The van der Waals surface area contributed by atoms with Crippen molar-refractivity contribution in [3.05, 3.63) is 34.3 Å². The van der Waals surface area contributed by atoms with Gasteiger partial charge in [-0.25, -0.2) is 4.79 Å². The van der Waals surface area contributed by atoms with Crippen LogP contribution < -0.4 is 16.4 Å². The first-order chi connectivity index (χ1) is 8.29. The third kappa shape index (κ3) is 3.18. The zero-order valence-electron chi connectivity index (χ0n) is 9.88.